The molecule has 0 radical (unpaired) electrons. The third kappa shape index (κ3) is 3.49. The predicted octanol–water partition coefficient (Wildman–Crippen LogP) is 0.895. The number of sulfonamides is 1. The van der Waals surface area contributed by atoms with Crippen molar-refractivity contribution in [3.63, 3.8) is 0 Å². The Hall–Kier alpha value is -2.02. The Morgan fingerprint density at radius 2 is 2.18 bits per heavy atom. The van der Waals surface area contributed by atoms with Crippen LogP contribution in [0.25, 0.3) is 0 Å². The molecule has 17 heavy (non-hydrogen) atoms. The summed E-state index contributed by atoms with van der Waals surface area (Å²) in [5, 5.41) is 8.91. The molecule has 0 fully saturated rings. The zero-order valence-corrected chi connectivity index (χ0v) is 9.70. The molecule has 7 heteroatoms. The third-order valence-corrected chi connectivity index (χ3v) is 3.08. The minimum atomic E-state index is -3.63. The summed E-state index contributed by atoms with van der Waals surface area (Å²) in [4.78, 5) is 10.9. The van der Waals surface area contributed by atoms with Crippen molar-refractivity contribution in [2.45, 2.75) is 0 Å². The van der Waals surface area contributed by atoms with E-state index >= 15 is 0 Å². The lowest BCUT2D eigenvalue weighted by Gasteiger charge is -2.09. The number of carboxylic acids is 1. The van der Waals surface area contributed by atoms with Gasteiger partial charge in [0.2, 0.25) is 10.0 Å². The number of nitrogens with one attached hydrogen (secondary N) is 1. The minimum absolute atomic E-state index is 0.0199. The van der Waals surface area contributed by atoms with Crippen molar-refractivity contribution in [2.24, 2.45) is 0 Å². The van der Waals surface area contributed by atoms with Crippen molar-refractivity contribution in [1.82, 2.24) is 0 Å². The highest BCUT2D eigenvalue weighted by Gasteiger charge is 2.15. The van der Waals surface area contributed by atoms with E-state index in [1.165, 1.54) is 24.3 Å². The van der Waals surface area contributed by atoms with Gasteiger partial charge in [0.25, 0.3) is 0 Å². The average Bonchev–Trinajstić information content (AvgIpc) is 2.20. The number of hydrogen-bond acceptors (Lipinski definition) is 4. The molecule has 1 rings (SSSR count). The summed E-state index contributed by atoms with van der Waals surface area (Å²) in [7, 11) is -3.63. The van der Waals surface area contributed by atoms with Crippen LogP contribution in [0.15, 0.2) is 30.9 Å². The zero-order valence-electron chi connectivity index (χ0n) is 8.88. The van der Waals surface area contributed by atoms with E-state index in [0.717, 1.165) is 0 Å². The van der Waals surface area contributed by atoms with Crippen molar-refractivity contribution < 1.29 is 18.3 Å². The topological polar surface area (TPSA) is 109 Å². The predicted molar refractivity (Wildman–Crippen MR) is 65.4 cm³/mol. The number of nitrogens with two attached hydrogens (primary N) is 1. The van der Waals surface area contributed by atoms with Gasteiger partial charge < -0.3 is 10.8 Å². The Morgan fingerprint density at radius 3 is 2.71 bits per heavy atom. The van der Waals surface area contributed by atoms with E-state index < -0.39 is 16.0 Å². The van der Waals surface area contributed by atoms with E-state index in [1.54, 1.807) is 0 Å². The molecule has 0 saturated heterocycles. The second kappa shape index (κ2) is 4.88. The molecule has 92 valence electrons. The second-order valence-electron chi connectivity index (χ2n) is 3.28. The van der Waals surface area contributed by atoms with E-state index in [0.29, 0.717) is 0 Å². The fraction of sp³-hybridized carbons (Fsp3) is 0.100. The summed E-state index contributed by atoms with van der Waals surface area (Å²) in [6, 6.07) is 3.91. The summed E-state index contributed by atoms with van der Waals surface area (Å²) in [6.45, 7) is 3.30. The van der Waals surface area contributed by atoms with Gasteiger partial charge in [0, 0.05) is 5.69 Å². The van der Waals surface area contributed by atoms with Gasteiger partial charge in [0.05, 0.1) is 17.0 Å². The van der Waals surface area contributed by atoms with E-state index in [2.05, 4.69) is 11.3 Å². The van der Waals surface area contributed by atoms with Crippen molar-refractivity contribution >= 4 is 27.4 Å². The van der Waals surface area contributed by atoms with Crippen LogP contribution in [-0.4, -0.2) is 25.2 Å². The Balaban J connectivity index is 3.15. The van der Waals surface area contributed by atoms with Crippen LogP contribution in [0.5, 0.6) is 0 Å². The Bertz CT molecular complexity index is 551. The number of rotatable bonds is 5. The number of hydrogen-bond donors (Lipinski definition) is 3. The lowest BCUT2D eigenvalue weighted by molar-refractivity contribution is 0.0698. The molecular weight excluding hydrogens is 244 g/mol. The van der Waals surface area contributed by atoms with Crippen LogP contribution in [0.1, 0.15) is 10.4 Å². The van der Waals surface area contributed by atoms with Gasteiger partial charge in [-0.15, -0.1) is 6.58 Å². The zero-order chi connectivity index (χ0) is 13.1. The molecule has 0 unspecified atom stereocenters. The molecule has 0 bridgehead atoms. The van der Waals surface area contributed by atoms with Gasteiger partial charge in [0.15, 0.2) is 0 Å². The fourth-order valence-corrected chi connectivity index (χ4v) is 2.10. The number of anilines is 2. The van der Waals surface area contributed by atoms with Gasteiger partial charge in [0.1, 0.15) is 0 Å². The summed E-state index contributed by atoms with van der Waals surface area (Å²) in [5.74, 6) is -1.55. The summed E-state index contributed by atoms with van der Waals surface area (Å²) < 4.78 is 25.1. The summed E-state index contributed by atoms with van der Waals surface area (Å²) in [5.41, 5.74) is 5.46. The molecule has 0 aliphatic heterocycles. The standard InChI is InChI=1S/C10H12N2O4S/c1-2-5-17(15,16)12-9-4-3-7(11)6-8(9)10(13)14/h2-4,6,12H,1,5,11H2,(H,13,14). The average molecular weight is 256 g/mol. The van der Waals surface area contributed by atoms with E-state index in [4.69, 9.17) is 10.8 Å². The molecule has 0 spiro atoms. The maximum atomic E-state index is 11.5. The maximum absolute atomic E-state index is 11.5. The van der Waals surface area contributed by atoms with Crippen LogP contribution in [0, 0.1) is 0 Å². The van der Waals surface area contributed by atoms with Crippen LogP contribution in [0.4, 0.5) is 11.4 Å². The quantitative estimate of drug-likeness (QED) is 0.535. The van der Waals surface area contributed by atoms with Gasteiger partial charge in [-0.2, -0.15) is 0 Å². The number of carbonyl (C=O) groups is 1. The molecule has 0 aliphatic carbocycles. The fourth-order valence-electron chi connectivity index (χ4n) is 1.19. The number of nitrogen functional groups attached to an aromatic ring is 1. The van der Waals surface area contributed by atoms with Crippen LogP contribution in [0.2, 0.25) is 0 Å². The first-order valence-corrected chi connectivity index (χ1v) is 6.25. The van der Waals surface area contributed by atoms with Gasteiger partial charge in [-0.3, -0.25) is 4.72 Å². The summed E-state index contributed by atoms with van der Waals surface area (Å²) >= 11 is 0. The number of benzene rings is 1. The molecule has 6 nitrogen and oxygen atoms in total. The highest BCUT2D eigenvalue weighted by Crippen LogP contribution is 2.20. The lowest BCUT2D eigenvalue weighted by Crippen LogP contribution is -2.17. The second-order valence-corrected chi connectivity index (χ2v) is 5.05. The van der Waals surface area contributed by atoms with Crippen LogP contribution < -0.4 is 10.5 Å². The Kier molecular flexibility index (Phi) is 3.74. The largest absolute Gasteiger partial charge is 0.478 e. The van der Waals surface area contributed by atoms with E-state index in [-0.39, 0.29) is 22.7 Å². The highest BCUT2D eigenvalue weighted by atomic mass is 32.2. The van der Waals surface area contributed by atoms with E-state index in [1.807, 2.05) is 0 Å². The first-order chi connectivity index (χ1) is 7.85. The molecule has 1 aromatic rings. The van der Waals surface area contributed by atoms with Gasteiger partial charge in [-0.1, -0.05) is 6.08 Å². The Morgan fingerprint density at radius 1 is 1.53 bits per heavy atom. The lowest BCUT2D eigenvalue weighted by atomic mass is 10.1. The Labute approximate surface area is 98.8 Å². The van der Waals surface area contributed by atoms with Gasteiger partial charge in [-0.25, -0.2) is 13.2 Å². The summed E-state index contributed by atoms with van der Waals surface area (Å²) in [6.07, 6.45) is 1.21. The first-order valence-electron chi connectivity index (χ1n) is 4.60. The van der Waals surface area contributed by atoms with Crippen molar-refractivity contribution in [1.29, 1.82) is 0 Å². The molecule has 4 N–H and O–H groups in total. The molecule has 0 aromatic heterocycles. The van der Waals surface area contributed by atoms with Crippen molar-refractivity contribution in [3.8, 4) is 0 Å². The van der Waals surface area contributed by atoms with Crippen LogP contribution >= 0.6 is 0 Å². The third-order valence-electron chi connectivity index (χ3n) is 1.88. The molecule has 0 saturated carbocycles. The maximum Gasteiger partial charge on any atom is 0.337 e. The van der Waals surface area contributed by atoms with Crippen LogP contribution in [0.3, 0.4) is 0 Å². The molecule has 0 heterocycles. The van der Waals surface area contributed by atoms with Gasteiger partial charge in [-0.05, 0) is 18.2 Å². The molecular formula is C10H12N2O4S. The number of aromatic carboxylic acids is 1. The molecule has 0 atom stereocenters. The smallest absolute Gasteiger partial charge is 0.337 e. The van der Waals surface area contributed by atoms with Crippen LogP contribution in [-0.2, 0) is 10.0 Å². The first kappa shape index (κ1) is 13.0. The highest BCUT2D eigenvalue weighted by molar-refractivity contribution is 7.92. The van der Waals surface area contributed by atoms with Gasteiger partial charge >= 0.3 is 5.97 Å². The van der Waals surface area contributed by atoms with Crippen molar-refractivity contribution in [3.05, 3.63) is 36.4 Å². The van der Waals surface area contributed by atoms with E-state index in [9.17, 15) is 13.2 Å². The molecule has 1 aromatic carbocycles. The minimum Gasteiger partial charge on any atom is -0.478 e. The SMILES string of the molecule is C=CCS(=O)(=O)Nc1ccc(N)cc1C(=O)O. The van der Waals surface area contributed by atoms with Crippen molar-refractivity contribution in [2.75, 3.05) is 16.2 Å². The monoisotopic (exact) mass is 256 g/mol. The molecule has 0 aliphatic rings. The molecule has 0 amide bonds. The normalized spacial score (nSPS) is 10.8. The number of carboxylic acid groups (broad SMARTS) is 1.